The minimum Gasteiger partial charge on any atom is -0.444 e. The molecule has 8 nitrogen and oxygen atoms in total. The van der Waals surface area contributed by atoms with E-state index in [9.17, 15) is 4.79 Å². The van der Waals surface area contributed by atoms with Gasteiger partial charge in [-0.3, -0.25) is 0 Å². The number of carbonyl (C=O) groups is 1. The zero-order valence-corrected chi connectivity index (χ0v) is 23.2. The Morgan fingerprint density at radius 3 is 2.38 bits per heavy atom. The van der Waals surface area contributed by atoms with Crippen molar-refractivity contribution in [2.45, 2.75) is 52.4 Å². The van der Waals surface area contributed by atoms with Gasteiger partial charge in [-0.2, -0.15) is 0 Å². The van der Waals surface area contributed by atoms with Crippen LogP contribution in [0.5, 0.6) is 0 Å². The van der Waals surface area contributed by atoms with Crippen molar-refractivity contribution in [3.8, 4) is 11.1 Å². The quantitative estimate of drug-likeness (QED) is 0.330. The number of piperazine rings is 1. The first-order valence-electron chi connectivity index (χ1n) is 13.6. The van der Waals surface area contributed by atoms with Gasteiger partial charge in [0, 0.05) is 49.7 Å². The maximum atomic E-state index is 12.4. The molecule has 2 aliphatic rings. The molecule has 6 rings (SSSR count). The summed E-state index contributed by atoms with van der Waals surface area (Å²) >= 11 is 0. The molecular formula is C31H35N5O3. The molecule has 1 amide bonds. The zero-order chi connectivity index (χ0) is 27.3. The van der Waals surface area contributed by atoms with Gasteiger partial charge in [-0.1, -0.05) is 24.3 Å². The fourth-order valence-electron chi connectivity index (χ4n) is 5.54. The minimum absolute atomic E-state index is 0.0436. The number of carbonyl (C=O) groups excluding carboxylic acids is 1. The van der Waals surface area contributed by atoms with Crippen LogP contribution in [0, 0.1) is 6.92 Å². The highest BCUT2D eigenvalue weighted by Crippen LogP contribution is 2.43. The Labute approximate surface area is 229 Å². The lowest BCUT2D eigenvalue weighted by molar-refractivity contribution is 0.0240. The summed E-state index contributed by atoms with van der Waals surface area (Å²) in [4.78, 5) is 26.0. The first-order valence-corrected chi connectivity index (χ1v) is 13.6. The number of amides is 1. The van der Waals surface area contributed by atoms with Gasteiger partial charge in [0.25, 0.3) is 0 Å². The molecule has 2 aliphatic heterocycles. The molecule has 4 aromatic rings. The topological polar surface area (TPSA) is 72.2 Å². The van der Waals surface area contributed by atoms with E-state index in [2.05, 4.69) is 77.9 Å². The molecule has 202 valence electrons. The number of aromatic nitrogens is 3. The van der Waals surface area contributed by atoms with Crippen molar-refractivity contribution in [1.82, 2.24) is 19.3 Å². The second-order valence-corrected chi connectivity index (χ2v) is 11.4. The summed E-state index contributed by atoms with van der Waals surface area (Å²) in [7, 11) is 0. The van der Waals surface area contributed by atoms with E-state index in [0.717, 1.165) is 47.1 Å². The molecular weight excluding hydrogens is 490 g/mol. The largest absolute Gasteiger partial charge is 0.444 e. The second kappa shape index (κ2) is 9.68. The smallest absolute Gasteiger partial charge is 0.410 e. The fraction of sp³-hybridized carbons (Fsp3) is 0.387. The predicted octanol–water partition coefficient (Wildman–Crippen LogP) is 5.94. The third kappa shape index (κ3) is 4.85. The van der Waals surface area contributed by atoms with Crippen molar-refractivity contribution in [3.05, 3.63) is 83.4 Å². The molecule has 0 radical (unpaired) electrons. The molecule has 0 bridgehead atoms. The van der Waals surface area contributed by atoms with Crippen molar-refractivity contribution >= 4 is 17.6 Å². The maximum Gasteiger partial charge on any atom is 0.410 e. The number of nitrogens with zero attached hydrogens (tertiary/aromatic N) is 5. The number of rotatable bonds is 3. The molecule has 5 heterocycles. The van der Waals surface area contributed by atoms with Gasteiger partial charge in [0.1, 0.15) is 23.2 Å². The molecule has 1 aromatic carbocycles. The number of hydrogen-bond donors (Lipinski definition) is 0. The molecule has 1 fully saturated rings. The summed E-state index contributed by atoms with van der Waals surface area (Å²) in [6.07, 6.45) is 3.69. The second-order valence-electron chi connectivity index (χ2n) is 11.4. The van der Waals surface area contributed by atoms with Crippen LogP contribution in [0.1, 0.15) is 62.4 Å². The molecule has 1 saturated heterocycles. The molecule has 8 heteroatoms. The van der Waals surface area contributed by atoms with Crippen molar-refractivity contribution < 1.29 is 14.3 Å². The van der Waals surface area contributed by atoms with E-state index in [-0.39, 0.29) is 18.3 Å². The lowest BCUT2D eigenvalue weighted by atomic mass is 10.00. The van der Waals surface area contributed by atoms with Gasteiger partial charge < -0.3 is 23.7 Å². The highest BCUT2D eigenvalue weighted by molar-refractivity contribution is 5.69. The molecule has 0 spiro atoms. The average Bonchev–Trinajstić information content (AvgIpc) is 3.42. The number of aryl methyl sites for hydroxylation is 1. The number of anilines is 1. The lowest BCUT2D eigenvalue weighted by Crippen LogP contribution is -2.50. The fourth-order valence-corrected chi connectivity index (χ4v) is 5.54. The molecule has 3 aromatic heterocycles. The van der Waals surface area contributed by atoms with Gasteiger partial charge in [0.2, 0.25) is 0 Å². The summed E-state index contributed by atoms with van der Waals surface area (Å²) in [6.45, 7) is 12.5. The van der Waals surface area contributed by atoms with Crippen LogP contribution in [0.4, 0.5) is 10.6 Å². The van der Waals surface area contributed by atoms with Crippen LogP contribution in [0.3, 0.4) is 0 Å². The van der Waals surface area contributed by atoms with E-state index < -0.39 is 5.60 Å². The number of pyridine rings is 2. The highest BCUT2D eigenvalue weighted by atomic mass is 16.6. The normalized spacial score (nSPS) is 19.4. The van der Waals surface area contributed by atoms with Gasteiger partial charge in [0.15, 0.2) is 0 Å². The van der Waals surface area contributed by atoms with Crippen molar-refractivity contribution in [2.24, 2.45) is 0 Å². The van der Waals surface area contributed by atoms with Crippen LogP contribution in [-0.2, 0) is 9.47 Å². The van der Waals surface area contributed by atoms with E-state index in [1.165, 1.54) is 11.1 Å². The molecule has 0 saturated carbocycles. The molecule has 0 aliphatic carbocycles. The summed E-state index contributed by atoms with van der Waals surface area (Å²) in [5, 5.41) is 0. The number of benzene rings is 1. The van der Waals surface area contributed by atoms with Gasteiger partial charge in [0.05, 0.1) is 17.5 Å². The Kier molecular flexibility index (Phi) is 6.30. The maximum absolute atomic E-state index is 12.4. The molecule has 0 N–H and O–H groups in total. The average molecular weight is 526 g/mol. The Balaban J connectivity index is 1.21. The number of imidazole rings is 1. The Hall–Kier alpha value is -3.91. The van der Waals surface area contributed by atoms with Gasteiger partial charge in [-0.15, -0.1) is 0 Å². The van der Waals surface area contributed by atoms with Gasteiger partial charge in [-0.05, 0) is 70.0 Å². The van der Waals surface area contributed by atoms with Gasteiger partial charge in [-0.25, -0.2) is 14.8 Å². The summed E-state index contributed by atoms with van der Waals surface area (Å²) in [5.41, 5.74) is 6.99. The Morgan fingerprint density at radius 2 is 1.69 bits per heavy atom. The monoisotopic (exact) mass is 525 g/mol. The third-order valence-corrected chi connectivity index (χ3v) is 7.48. The number of fused-ring (bicyclic) bond motifs is 2. The standard InChI is InChI=1S/C31H35N5O3/c1-20-28(29-25-9-7-6-8-24(25)21(2)38-29)36-19-23(11-13-27(36)33-20)22-10-12-26(32-18-22)34-14-16-35(17-15-34)30(37)39-31(3,4)5/h6-13,18-19,21,29H,14-17H2,1-5H3/t21-,29-/m0/s1. The Bertz CT molecular complexity index is 1510. The molecule has 39 heavy (non-hydrogen) atoms. The molecule has 2 atom stereocenters. The van der Waals surface area contributed by atoms with E-state index in [1.807, 2.05) is 27.0 Å². The SMILES string of the molecule is Cc1nc2ccc(-c3ccc(N4CCN(C(=O)OC(C)(C)C)CC4)nc3)cn2c1[C@H]1O[C@@H](C)c2ccccc21. The first-order chi connectivity index (χ1) is 18.7. The first kappa shape index (κ1) is 25.4. The van der Waals surface area contributed by atoms with Crippen molar-refractivity contribution in [2.75, 3.05) is 31.1 Å². The van der Waals surface area contributed by atoms with Crippen molar-refractivity contribution in [3.63, 3.8) is 0 Å². The molecule has 0 unspecified atom stereocenters. The zero-order valence-electron chi connectivity index (χ0n) is 23.2. The summed E-state index contributed by atoms with van der Waals surface area (Å²) < 4.78 is 14.1. The summed E-state index contributed by atoms with van der Waals surface area (Å²) in [5.74, 6) is 0.910. The van der Waals surface area contributed by atoms with E-state index in [1.54, 1.807) is 4.90 Å². The van der Waals surface area contributed by atoms with Crippen LogP contribution >= 0.6 is 0 Å². The predicted molar refractivity (Wildman–Crippen MR) is 151 cm³/mol. The van der Waals surface area contributed by atoms with Crippen LogP contribution in [-0.4, -0.2) is 57.1 Å². The van der Waals surface area contributed by atoms with Crippen LogP contribution in [0.25, 0.3) is 16.8 Å². The van der Waals surface area contributed by atoms with Crippen LogP contribution in [0.15, 0.2) is 60.9 Å². The minimum atomic E-state index is -0.488. The summed E-state index contributed by atoms with van der Waals surface area (Å²) in [6, 6.07) is 16.8. The van der Waals surface area contributed by atoms with Crippen LogP contribution in [0.2, 0.25) is 0 Å². The third-order valence-electron chi connectivity index (χ3n) is 7.48. The van der Waals surface area contributed by atoms with Crippen LogP contribution < -0.4 is 4.90 Å². The number of hydrogen-bond acceptors (Lipinski definition) is 6. The van der Waals surface area contributed by atoms with E-state index >= 15 is 0 Å². The number of ether oxygens (including phenoxy) is 2. The van der Waals surface area contributed by atoms with Gasteiger partial charge >= 0.3 is 6.09 Å². The lowest BCUT2D eigenvalue weighted by Gasteiger charge is -2.36. The van der Waals surface area contributed by atoms with E-state index in [0.29, 0.717) is 13.1 Å². The Morgan fingerprint density at radius 1 is 0.974 bits per heavy atom. The van der Waals surface area contributed by atoms with Crippen molar-refractivity contribution in [1.29, 1.82) is 0 Å². The van der Waals surface area contributed by atoms with E-state index in [4.69, 9.17) is 19.4 Å². The highest BCUT2D eigenvalue weighted by Gasteiger charge is 2.33.